The lowest BCUT2D eigenvalue weighted by atomic mass is 9.93. The summed E-state index contributed by atoms with van der Waals surface area (Å²) >= 11 is 1.45. The number of thioether (sulfide) groups is 1. The van der Waals surface area contributed by atoms with Crippen LogP contribution in [0.4, 0.5) is 0 Å². The average molecular weight is 472 g/mol. The van der Waals surface area contributed by atoms with Gasteiger partial charge < -0.3 is 24.4 Å². The first kappa shape index (κ1) is 23.2. The number of rotatable bonds is 9. The van der Waals surface area contributed by atoms with Gasteiger partial charge in [-0.15, -0.1) is 0 Å². The molecule has 1 aromatic rings. The highest BCUT2D eigenvalue weighted by Gasteiger charge is 2.41. The summed E-state index contributed by atoms with van der Waals surface area (Å²) in [4.78, 5) is 32.3. The van der Waals surface area contributed by atoms with Crippen molar-refractivity contribution in [1.29, 1.82) is 0 Å². The van der Waals surface area contributed by atoms with Gasteiger partial charge in [-0.3, -0.25) is 4.79 Å². The van der Waals surface area contributed by atoms with Crippen molar-refractivity contribution in [2.75, 3.05) is 27.4 Å². The van der Waals surface area contributed by atoms with Crippen molar-refractivity contribution in [3.63, 3.8) is 0 Å². The lowest BCUT2D eigenvalue weighted by Gasteiger charge is -2.36. The smallest absolute Gasteiger partial charge is 0.338 e. The highest BCUT2D eigenvalue weighted by Crippen LogP contribution is 2.46. The van der Waals surface area contributed by atoms with E-state index in [1.165, 1.54) is 24.6 Å². The van der Waals surface area contributed by atoms with Crippen molar-refractivity contribution < 1.29 is 23.8 Å². The fraction of sp³-hybridized carbons (Fsp3) is 0.458. The molecule has 1 atom stereocenters. The molecule has 0 radical (unpaired) electrons. The normalized spacial score (nSPS) is 19.5. The van der Waals surface area contributed by atoms with Crippen molar-refractivity contribution in [1.82, 2.24) is 10.2 Å². The van der Waals surface area contributed by atoms with Crippen LogP contribution in [0.2, 0.25) is 0 Å². The molecule has 8 nitrogen and oxygen atoms in total. The number of amidine groups is 1. The number of amides is 1. The minimum absolute atomic E-state index is 0.0408. The van der Waals surface area contributed by atoms with Crippen molar-refractivity contribution in [2.45, 2.75) is 39.2 Å². The van der Waals surface area contributed by atoms with Gasteiger partial charge in [0.2, 0.25) is 5.91 Å². The fourth-order valence-corrected chi connectivity index (χ4v) is 4.91. The topological polar surface area (TPSA) is 89.5 Å². The first-order chi connectivity index (χ1) is 15.9. The predicted molar refractivity (Wildman–Crippen MR) is 127 cm³/mol. The van der Waals surface area contributed by atoms with Gasteiger partial charge in [-0.2, -0.15) is 0 Å². The van der Waals surface area contributed by atoms with Gasteiger partial charge in [-0.05, 0) is 55.7 Å². The van der Waals surface area contributed by atoms with Crippen molar-refractivity contribution in [3.05, 3.63) is 46.1 Å². The molecule has 33 heavy (non-hydrogen) atoms. The molecule has 1 N–H and O–H groups in total. The number of nitrogens with zero attached hydrogens (tertiary/aromatic N) is 2. The van der Waals surface area contributed by atoms with E-state index >= 15 is 0 Å². The van der Waals surface area contributed by atoms with Gasteiger partial charge in [0.05, 0.1) is 44.6 Å². The first-order valence-electron chi connectivity index (χ1n) is 11.1. The molecule has 4 rings (SSSR count). The number of benzene rings is 1. The number of allylic oxidation sites excluding steroid dienone is 1. The third-order valence-corrected chi connectivity index (χ3v) is 6.70. The molecule has 9 heteroatoms. The number of esters is 1. The highest BCUT2D eigenvalue weighted by molar-refractivity contribution is 8.16. The molecule has 0 aromatic heterocycles. The van der Waals surface area contributed by atoms with E-state index < -0.39 is 12.0 Å². The number of carbonyl (C=O) groups excluding carboxylic acids is 2. The average Bonchev–Trinajstić information content (AvgIpc) is 3.57. The first-order valence-corrected chi connectivity index (χ1v) is 11.9. The second kappa shape index (κ2) is 9.91. The lowest BCUT2D eigenvalue weighted by Crippen LogP contribution is -2.38. The van der Waals surface area contributed by atoms with Gasteiger partial charge >= 0.3 is 5.97 Å². The molecule has 1 aliphatic carbocycles. The van der Waals surface area contributed by atoms with Crippen LogP contribution in [0.1, 0.15) is 44.7 Å². The molecular weight excluding hydrogens is 442 g/mol. The van der Waals surface area contributed by atoms with Crippen LogP contribution in [0.5, 0.6) is 11.5 Å². The minimum Gasteiger partial charge on any atom is -0.497 e. The van der Waals surface area contributed by atoms with Crippen LogP contribution >= 0.6 is 11.8 Å². The SMILES string of the molecule is CCOC(=O)C1=C(C)N=C2SC=C(CC(=O)NCC3CC3)N2[C@H]1c1cc(OC)cc(OC)c1. The van der Waals surface area contributed by atoms with E-state index in [-0.39, 0.29) is 18.9 Å². The number of ether oxygens (including phenoxy) is 3. The summed E-state index contributed by atoms with van der Waals surface area (Å²) in [7, 11) is 3.17. The standard InChI is InChI=1S/C24H29N3O5S/c1-5-32-23(29)21-14(2)26-24-27(17(13-33-24)10-20(28)25-12-15-6-7-15)22(21)16-8-18(30-3)11-19(9-16)31-4/h8-9,11,13,15,22H,5-7,10,12H2,1-4H3,(H,25,28)/t22-/m0/s1. The monoisotopic (exact) mass is 471 g/mol. The van der Waals surface area contributed by atoms with Crippen LogP contribution in [0.15, 0.2) is 45.6 Å². The number of fused-ring (bicyclic) bond motifs is 1. The minimum atomic E-state index is -0.530. The maximum Gasteiger partial charge on any atom is 0.338 e. The Morgan fingerprint density at radius 1 is 1.18 bits per heavy atom. The Morgan fingerprint density at radius 2 is 1.88 bits per heavy atom. The third kappa shape index (κ3) is 5.03. The molecule has 0 unspecified atom stereocenters. The Hall–Kier alpha value is -2.94. The molecule has 0 bridgehead atoms. The fourth-order valence-electron chi connectivity index (χ4n) is 3.95. The summed E-state index contributed by atoms with van der Waals surface area (Å²) in [6, 6.07) is 4.99. The van der Waals surface area contributed by atoms with E-state index in [1.807, 2.05) is 29.4 Å². The molecule has 2 aliphatic heterocycles. The Bertz CT molecular complexity index is 1020. The zero-order chi connectivity index (χ0) is 23.5. The molecule has 1 amide bonds. The van der Waals surface area contributed by atoms with Crippen LogP contribution in [0, 0.1) is 5.92 Å². The summed E-state index contributed by atoms with van der Waals surface area (Å²) in [6.45, 7) is 4.54. The summed E-state index contributed by atoms with van der Waals surface area (Å²) < 4.78 is 16.3. The third-order valence-electron chi connectivity index (χ3n) is 5.81. The van der Waals surface area contributed by atoms with E-state index in [4.69, 9.17) is 14.2 Å². The quantitative estimate of drug-likeness (QED) is 0.549. The van der Waals surface area contributed by atoms with Gasteiger partial charge in [0.15, 0.2) is 5.17 Å². The van der Waals surface area contributed by atoms with Crippen molar-refractivity contribution in [3.8, 4) is 11.5 Å². The van der Waals surface area contributed by atoms with Crippen LogP contribution in [0.25, 0.3) is 0 Å². The summed E-state index contributed by atoms with van der Waals surface area (Å²) in [6.07, 6.45) is 2.55. The van der Waals surface area contributed by atoms with Gasteiger partial charge in [-0.25, -0.2) is 9.79 Å². The van der Waals surface area contributed by atoms with Crippen LogP contribution < -0.4 is 14.8 Å². The highest BCUT2D eigenvalue weighted by atomic mass is 32.2. The largest absolute Gasteiger partial charge is 0.497 e. The maximum absolute atomic E-state index is 13.1. The van der Waals surface area contributed by atoms with E-state index in [0.29, 0.717) is 35.2 Å². The number of hydrogen-bond donors (Lipinski definition) is 1. The predicted octanol–water partition coefficient (Wildman–Crippen LogP) is 3.76. The van der Waals surface area contributed by atoms with Crippen LogP contribution in [-0.2, 0) is 14.3 Å². The molecule has 176 valence electrons. The molecule has 0 saturated heterocycles. The maximum atomic E-state index is 13.1. The van der Waals surface area contributed by atoms with E-state index in [1.54, 1.807) is 27.2 Å². The number of hydrogen-bond acceptors (Lipinski definition) is 8. The molecule has 0 spiro atoms. The zero-order valence-electron chi connectivity index (χ0n) is 19.3. The summed E-state index contributed by atoms with van der Waals surface area (Å²) in [5, 5.41) is 5.67. The van der Waals surface area contributed by atoms with Crippen LogP contribution in [0.3, 0.4) is 0 Å². The Balaban J connectivity index is 1.72. The van der Waals surface area contributed by atoms with E-state index in [2.05, 4.69) is 10.3 Å². The van der Waals surface area contributed by atoms with E-state index in [0.717, 1.165) is 16.4 Å². The summed E-state index contributed by atoms with van der Waals surface area (Å²) in [5.74, 6) is 1.34. The summed E-state index contributed by atoms with van der Waals surface area (Å²) in [5.41, 5.74) is 2.59. The van der Waals surface area contributed by atoms with Gasteiger partial charge in [0.25, 0.3) is 0 Å². The second-order valence-corrected chi connectivity index (χ2v) is 9.02. The Morgan fingerprint density at radius 3 is 2.48 bits per heavy atom. The van der Waals surface area contributed by atoms with Crippen LogP contribution in [-0.4, -0.2) is 49.3 Å². The van der Waals surface area contributed by atoms with Crippen molar-refractivity contribution >= 4 is 28.8 Å². The Kier molecular flexibility index (Phi) is 6.97. The Labute approximate surface area is 198 Å². The number of methoxy groups -OCH3 is 2. The molecule has 1 saturated carbocycles. The zero-order valence-corrected chi connectivity index (χ0v) is 20.2. The molecule has 3 aliphatic rings. The molecule has 2 heterocycles. The van der Waals surface area contributed by atoms with Crippen molar-refractivity contribution in [2.24, 2.45) is 10.9 Å². The lowest BCUT2D eigenvalue weighted by molar-refractivity contribution is -0.139. The molecular formula is C24H29N3O5S. The number of aliphatic imine (C=N–C) groups is 1. The van der Waals surface area contributed by atoms with E-state index in [9.17, 15) is 9.59 Å². The molecule has 1 fully saturated rings. The van der Waals surface area contributed by atoms with Gasteiger partial charge in [0.1, 0.15) is 11.5 Å². The number of carbonyl (C=O) groups is 2. The second-order valence-electron chi connectivity index (χ2n) is 8.18. The van der Waals surface area contributed by atoms with Gasteiger partial charge in [0, 0.05) is 18.3 Å². The number of nitrogens with one attached hydrogen (secondary N) is 1. The molecule has 1 aromatic carbocycles. The van der Waals surface area contributed by atoms with Gasteiger partial charge in [-0.1, -0.05) is 11.8 Å².